The van der Waals surface area contributed by atoms with Gasteiger partial charge < -0.3 is 14.6 Å². The van der Waals surface area contributed by atoms with Gasteiger partial charge in [-0.3, -0.25) is 0 Å². The van der Waals surface area contributed by atoms with Crippen molar-refractivity contribution in [2.45, 2.75) is 31.9 Å². The van der Waals surface area contributed by atoms with Gasteiger partial charge in [0.25, 0.3) is 0 Å². The predicted octanol–water partition coefficient (Wildman–Crippen LogP) is 4.02. The lowest BCUT2D eigenvalue weighted by atomic mass is 10.1. The number of aliphatic carboxylic acids is 1. The average molecular weight is 443 g/mol. The molecule has 0 aliphatic rings. The topological polar surface area (TPSA) is 66.8 Å². The largest absolute Gasteiger partial charge is 0.532 e. The van der Waals surface area contributed by atoms with E-state index in [2.05, 4.69) is 0 Å². The second-order valence-corrected chi connectivity index (χ2v) is 12.5. The molecule has 2 N–H and O–H groups in total. The van der Waals surface area contributed by atoms with Crippen LogP contribution in [0.5, 0.6) is 5.75 Å². The molecule has 0 heterocycles. The van der Waals surface area contributed by atoms with Crippen LogP contribution in [0.3, 0.4) is 0 Å². The predicted molar refractivity (Wildman–Crippen MR) is 117 cm³/mol. The Labute approximate surface area is 180 Å². The minimum Gasteiger partial charge on any atom is -0.532 e. The molecule has 0 aromatic heterocycles. The van der Waals surface area contributed by atoms with Crippen molar-refractivity contribution in [1.82, 2.24) is 0 Å². The van der Waals surface area contributed by atoms with Gasteiger partial charge in [0.05, 0.1) is 5.56 Å². The fourth-order valence-electron chi connectivity index (χ4n) is 3.82. The average Bonchev–Trinajstić information content (AvgIpc) is 2.73. The molecule has 0 bridgehead atoms. The van der Waals surface area contributed by atoms with Gasteiger partial charge in [-0.05, 0) is 27.5 Å². The molecule has 0 saturated heterocycles. The van der Waals surface area contributed by atoms with E-state index < -0.39 is 42.6 Å². The molecular weight excluding hydrogens is 418 g/mol. The van der Waals surface area contributed by atoms with Gasteiger partial charge in [0.15, 0.2) is 11.9 Å². The van der Waals surface area contributed by atoms with Crippen LogP contribution in [0.25, 0.3) is 0 Å². The highest BCUT2D eigenvalue weighted by Gasteiger charge is 2.52. The van der Waals surface area contributed by atoms with E-state index in [0.717, 1.165) is 22.5 Å². The first-order chi connectivity index (χ1) is 14.6. The number of carbonyl (C=O) groups is 1. The second kappa shape index (κ2) is 8.61. The molecule has 1 unspecified atom stereocenters. The molecular formula is C24H24F2O4Si. The first-order valence-electron chi connectivity index (χ1n) is 9.78. The number of benzene rings is 3. The molecule has 162 valence electrons. The van der Waals surface area contributed by atoms with Gasteiger partial charge in [-0.1, -0.05) is 81.4 Å². The Hall–Kier alpha value is -3.03. The fraction of sp³-hybridized carbons (Fsp3) is 0.208. The molecule has 0 radical (unpaired) electrons. The lowest BCUT2D eigenvalue weighted by molar-refractivity contribution is -0.147. The molecule has 0 aliphatic heterocycles. The van der Waals surface area contributed by atoms with E-state index in [9.17, 15) is 14.3 Å². The number of carboxylic acids is 1. The highest BCUT2D eigenvalue weighted by Crippen LogP contribution is 2.39. The standard InChI is InChI=1S/C24H24F2O4Si/c1-24(2,3)31(16-10-6-4-7-11-16,17-12-8-5-9-13-17)30-19-15-14-18(25)20(21(19)26)22(27)23(28)29/h4-15,22,27H,1-3H3,(H,28,29). The van der Waals surface area contributed by atoms with Crippen molar-refractivity contribution in [1.29, 1.82) is 0 Å². The first-order valence-corrected chi connectivity index (χ1v) is 11.7. The van der Waals surface area contributed by atoms with E-state index in [0.29, 0.717) is 0 Å². The van der Waals surface area contributed by atoms with Crippen LogP contribution < -0.4 is 14.8 Å². The molecule has 4 nitrogen and oxygen atoms in total. The molecule has 0 saturated carbocycles. The normalized spacial score (nSPS) is 13.0. The number of halogens is 2. The molecule has 3 aromatic carbocycles. The first kappa shape index (κ1) is 22.6. The van der Waals surface area contributed by atoms with Crippen LogP contribution in [0, 0.1) is 11.6 Å². The van der Waals surface area contributed by atoms with E-state index in [1.807, 2.05) is 81.4 Å². The summed E-state index contributed by atoms with van der Waals surface area (Å²) in [5.74, 6) is -4.42. The maximum atomic E-state index is 15.3. The van der Waals surface area contributed by atoms with Crippen LogP contribution in [0.15, 0.2) is 72.8 Å². The number of carboxylic acid groups (broad SMARTS) is 1. The Bertz CT molecular complexity index is 1030. The Kier molecular flexibility index (Phi) is 6.29. The van der Waals surface area contributed by atoms with Gasteiger partial charge >= 0.3 is 14.3 Å². The lowest BCUT2D eigenvalue weighted by Gasteiger charge is -2.43. The maximum Gasteiger partial charge on any atom is 0.337 e. The molecule has 0 fully saturated rings. The molecule has 0 amide bonds. The van der Waals surface area contributed by atoms with Crippen LogP contribution in [-0.2, 0) is 4.79 Å². The van der Waals surface area contributed by atoms with Gasteiger partial charge in [0.1, 0.15) is 11.6 Å². The van der Waals surface area contributed by atoms with E-state index in [1.165, 1.54) is 0 Å². The Morgan fingerprint density at radius 2 is 1.39 bits per heavy atom. The van der Waals surface area contributed by atoms with Crippen molar-refractivity contribution in [3.8, 4) is 5.75 Å². The number of hydrogen-bond donors (Lipinski definition) is 2. The summed E-state index contributed by atoms with van der Waals surface area (Å²) in [6, 6.07) is 20.9. The van der Waals surface area contributed by atoms with Crippen LogP contribution in [-0.4, -0.2) is 24.5 Å². The minimum atomic E-state index is -3.22. The number of aliphatic hydroxyl groups is 1. The third-order valence-electron chi connectivity index (χ3n) is 5.28. The van der Waals surface area contributed by atoms with Crippen molar-refractivity contribution in [3.63, 3.8) is 0 Å². The molecule has 7 heteroatoms. The third-order valence-corrected chi connectivity index (χ3v) is 10.2. The fourth-order valence-corrected chi connectivity index (χ4v) is 8.24. The number of hydrogen-bond acceptors (Lipinski definition) is 3. The van der Waals surface area contributed by atoms with Gasteiger partial charge in [-0.2, -0.15) is 0 Å². The minimum absolute atomic E-state index is 0.300. The Morgan fingerprint density at radius 3 is 1.81 bits per heavy atom. The van der Waals surface area contributed by atoms with E-state index in [-0.39, 0.29) is 5.75 Å². The van der Waals surface area contributed by atoms with Gasteiger partial charge in [0, 0.05) is 0 Å². The van der Waals surface area contributed by atoms with E-state index >= 15 is 4.39 Å². The zero-order chi connectivity index (χ0) is 22.8. The molecule has 3 rings (SSSR count). The zero-order valence-corrected chi connectivity index (χ0v) is 18.5. The van der Waals surface area contributed by atoms with E-state index in [4.69, 9.17) is 9.53 Å². The summed E-state index contributed by atoms with van der Waals surface area (Å²) in [6.07, 6.45) is -2.34. The quantitative estimate of drug-likeness (QED) is 0.566. The summed E-state index contributed by atoms with van der Waals surface area (Å²) in [7, 11) is -3.22. The molecule has 1 atom stereocenters. The monoisotopic (exact) mass is 442 g/mol. The van der Waals surface area contributed by atoms with Gasteiger partial charge in [-0.15, -0.1) is 0 Å². The van der Waals surface area contributed by atoms with Crippen molar-refractivity contribution in [3.05, 3.63) is 90.0 Å². The van der Waals surface area contributed by atoms with Crippen LogP contribution in [0.4, 0.5) is 8.78 Å². The summed E-state index contributed by atoms with van der Waals surface area (Å²) < 4.78 is 36.1. The third kappa shape index (κ3) is 4.11. The van der Waals surface area contributed by atoms with Gasteiger partial charge in [0.2, 0.25) is 0 Å². The number of rotatable bonds is 6. The molecule has 3 aromatic rings. The molecule has 0 aliphatic carbocycles. The summed E-state index contributed by atoms with van der Waals surface area (Å²) in [5.41, 5.74) is -0.942. The zero-order valence-electron chi connectivity index (χ0n) is 17.5. The van der Waals surface area contributed by atoms with Crippen molar-refractivity contribution in [2.75, 3.05) is 0 Å². The maximum absolute atomic E-state index is 15.3. The summed E-state index contributed by atoms with van der Waals surface area (Å²) in [5, 5.41) is 20.2. The van der Waals surface area contributed by atoms with Crippen molar-refractivity contribution in [2.24, 2.45) is 0 Å². The van der Waals surface area contributed by atoms with Gasteiger partial charge in [-0.25, -0.2) is 13.6 Å². The van der Waals surface area contributed by atoms with Crippen molar-refractivity contribution < 1.29 is 28.2 Å². The summed E-state index contributed by atoms with van der Waals surface area (Å²) >= 11 is 0. The molecule has 0 spiro atoms. The second-order valence-electron chi connectivity index (χ2n) is 8.28. The highest BCUT2D eigenvalue weighted by atomic mass is 28.4. The smallest absolute Gasteiger partial charge is 0.337 e. The van der Waals surface area contributed by atoms with Crippen LogP contribution in [0.1, 0.15) is 32.4 Å². The Balaban J connectivity index is 2.29. The lowest BCUT2D eigenvalue weighted by Crippen LogP contribution is -2.69. The Morgan fingerprint density at radius 1 is 0.903 bits per heavy atom. The summed E-state index contributed by atoms with van der Waals surface area (Å²) in [6.45, 7) is 5.98. The van der Waals surface area contributed by atoms with E-state index in [1.54, 1.807) is 0 Å². The van der Waals surface area contributed by atoms with Crippen LogP contribution in [0.2, 0.25) is 5.04 Å². The molecule has 31 heavy (non-hydrogen) atoms. The number of aliphatic hydroxyl groups excluding tert-OH is 1. The van der Waals surface area contributed by atoms with Crippen molar-refractivity contribution >= 4 is 24.7 Å². The van der Waals surface area contributed by atoms with Crippen LogP contribution >= 0.6 is 0 Å². The summed E-state index contributed by atoms with van der Waals surface area (Å²) in [4.78, 5) is 11.2. The SMILES string of the molecule is CC(C)(C)[Si](Oc1ccc(F)c(C(O)C(=O)O)c1F)(c1ccccc1)c1ccccc1. The highest BCUT2D eigenvalue weighted by molar-refractivity contribution is 7.00.